The van der Waals surface area contributed by atoms with Gasteiger partial charge < -0.3 is 21.7 Å². The van der Waals surface area contributed by atoms with E-state index in [9.17, 15) is 9.59 Å². The summed E-state index contributed by atoms with van der Waals surface area (Å²) in [5, 5.41) is 2.74. The summed E-state index contributed by atoms with van der Waals surface area (Å²) >= 11 is 0. The lowest BCUT2D eigenvalue weighted by atomic mass is 10.1. The van der Waals surface area contributed by atoms with Crippen LogP contribution < -0.4 is 16.8 Å². The second kappa shape index (κ2) is 11.7. The fourth-order valence-corrected chi connectivity index (χ4v) is 1.61. The van der Waals surface area contributed by atoms with Crippen LogP contribution in [0.15, 0.2) is 22.5 Å². The summed E-state index contributed by atoms with van der Waals surface area (Å²) in [6.07, 6.45) is 1.78. The highest BCUT2D eigenvalue weighted by Gasteiger charge is 2.06. The molecule has 0 bridgehead atoms. The monoisotopic (exact) mass is 312 g/mol. The molecule has 0 saturated carbocycles. The molecule has 0 spiro atoms. The Balaban J connectivity index is 0. The van der Waals surface area contributed by atoms with Crippen LogP contribution in [0.3, 0.4) is 0 Å². The third-order valence-corrected chi connectivity index (χ3v) is 3.14. The zero-order valence-corrected chi connectivity index (χ0v) is 15.0. The van der Waals surface area contributed by atoms with Gasteiger partial charge in [0.25, 0.3) is 0 Å². The van der Waals surface area contributed by atoms with Crippen molar-refractivity contribution in [2.75, 3.05) is 20.6 Å². The number of nitrogens with two attached hydrogens (primary N) is 2. The van der Waals surface area contributed by atoms with Gasteiger partial charge in [-0.3, -0.25) is 9.59 Å². The van der Waals surface area contributed by atoms with E-state index < -0.39 is 0 Å². The van der Waals surface area contributed by atoms with Crippen molar-refractivity contribution < 1.29 is 9.59 Å². The molecular formula is C16H32N4O2. The van der Waals surface area contributed by atoms with Crippen molar-refractivity contribution in [2.24, 2.45) is 11.5 Å². The maximum atomic E-state index is 11.1. The van der Waals surface area contributed by atoms with E-state index in [1.807, 2.05) is 32.8 Å². The Morgan fingerprint density at radius 1 is 1.00 bits per heavy atom. The first-order valence-corrected chi connectivity index (χ1v) is 7.47. The Morgan fingerprint density at radius 3 is 1.73 bits per heavy atom. The summed E-state index contributed by atoms with van der Waals surface area (Å²) in [5.74, 6) is -0.401. The minimum Gasteiger partial charge on any atom is -0.402 e. The van der Waals surface area contributed by atoms with Crippen molar-refractivity contribution >= 4 is 11.8 Å². The molecule has 128 valence electrons. The molecule has 0 heterocycles. The van der Waals surface area contributed by atoms with E-state index in [4.69, 9.17) is 11.5 Å². The lowest BCUT2D eigenvalue weighted by Gasteiger charge is -2.17. The van der Waals surface area contributed by atoms with Crippen molar-refractivity contribution in [3.63, 3.8) is 0 Å². The third kappa shape index (κ3) is 9.05. The predicted octanol–water partition coefficient (Wildman–Crippen LogP) is 1.48. The molecule has 5 N–H and O–H groups in total. The second-order valence-electron chi connectivity index (χ2n) is 5.25. The van der Waals surface area contributed by atoms with Gasteiger partial charge in [-0.1, -0.05) is 13.8 Å². The second-order valence-corrected chi connectivity index (χ2v) is 5.25. The number of amides is 2. The topological polar surface area (TPSA) is 101 Å². The van der Waals surface area contributed by atoms with Crippen molar-refractivity contribution in [1.82, 2.24) is 10.2 Å². The third-order valence-electron chi connectivity index (χ3n) is 3.14. The Kier molecular flexibility index (Phi) is 11.8. The zero-order valence-electron chi connectivity index (χ0n) is 15.0. The first-order chi connectivity index (χ1) is 10.1. The quantitative estimate of drug-likeness (QED) is 0.647. The molecule has 0 aromatic rings. The summed E-state index contributed by atoms with van der Waals surface area (Å²) < 4.78 is 0. The summed E-state index contributed by atoms with van der Waals surface area (Å²) in [4.78, 5) is 23.8. The van der Waals surface area contributed by atoms with Gasteiger partial charge in [-0.25, -0.2) is 0 Å². The van der Waals surface area contributed by atoms with Gasteiger partial charge in [0.1, 0.15) is 0 Å². The summed E-state index contributed by atoms with van der Waals surface area (Å²) in [5.41, 5.74) is 13.4. The molecule has 0 rings (SSSR count). The SMILES string of the molecule is CC/C(=C(/C)C(N)=O)N(C)C.CCCNC(=O)/C(C)=C(/C)N. The molecule has 0 unspecified atom stereocenters. The van der Waals surface area contributed by atoms with Gasteiger partial charge in [-0.2, -0.15) is 0 Å². The summed E-state index contributed by atoms with van der Waals surface area (Å²) in [6.45, 7) is 9.92. The molecule has 6 heteroatoms. The van der Waals surface area contributed by atoms with Crippen LogP contribution in [0.4, 0.5) is 0 Å². The minimum absolute atomic E-state index is 0.0631. The van der Waals surface area contributed by atoms with Gasteiger partial charge in [-0.15, -0.1) is 0 Å². The van der Waals surface area contributed by atoms with E-state index in [1.165, 1.54) is 0 Å². The fourth-order valence-electron chi connectivity index (χ4n) is 1.61. The highest BCUT2D eigenvalue weighted by atomic mass is 16.2. The van der Waals surface area contributed by atoms with Crippen LogP contribution in [0.5, 0.6) is 0 Å². The lowest BCUT2D eigenvalue weighted by molar-refractivity contribution is -0.117. The Morgan fingerprint density at radius 2 is 1.50 bits per heavy atom. The molecule has 2 amide bonds. The fraction of sp³-hybridized carbons (Fsp3) is 0.625. The molecule has 0 aromatic carbocycles. The smallest absolute Gasteiger partial charge is 0.248 e. The molecule has 0 fully saturated rings. The molecule has 22 heavy (non-hydrogen) atoms. The summed E-state index contributed by atoms with van der Waals surface area (Å²) in [7, 11) is 3.82. The van der Waals surface area contributed by atoms with Crippen LogP contribution >= 0.6 is 0 Å². The van der Waals surface area contributed by atoms with Crippen LogP contribution in [0.1, 0.15) is 47.5 Å². The molecule has 0 aliphatic heterocycles. The molecule has 0 aliphatic carbocycles. The van der Waals surface area contributed by atoms with E-state index >= 15 is 0 Å². The van der Waals surface area contributed by atoms with Gasteiger partial charge in [-0.05, 0) is 33.6 Å². The number of primary amides is 1. The number of hydrogen-bond donors (Lipinski definition) is 3. The molecular weight excluding hydrogens is 280 g/mol. The number of carbonyl (C=O) groups excluding carboxylic acids is 2. The number of rotatable bonds is 6. The Bertz CT molecular complexity index is 433. The number of nitrogens with one attached hydrogen (secondary N) is 1. The molecule has 0 aromatic heterocycles. The van der Waals surface area contributed by atoms with Crippen molar-refractivity contribution in [3.05, 3.63) is 22.5 Å². The van der Waals surface area contributed by atoms with Crippen molar-refractivity contribution in [1.29, 1.82) is 0 Å². The number of carbonyl (C=O) groups is 2. The number of hydrogen-bond acceptors (Lipinski definition) is 4. The van der Waals surface area contributed by atoms with Gasteiger partial charge in [0.2, 0.25) is 11.8 Å². The standard InChI is InChI=1S/2C8H16N2O/c1-5-7(10(3)4)6(2)8(9)11;1-4-5-10-8(11)6(2)7(3)9/h5H2,1-4H3,(H2,9,11);4-5,9H2,1-3H3,(H,10,11)/b7-6+;7-6-. The van der Waals surface area contributed by atoms with Gasteiger partial charge >= 0.3 is 0 Å². The van der Waals surface area contributed by atoms with Crippen LogP contribution in [0, 0.1) is 0 Å². The zero-order chi connectivity index (χ0) is 17.9. The van der Waals surface area contributed by atoms with Gasteiger partial charge in [0.05, 0.1) is 0 Å². The number of nitrogens with zero attached hydrogens (tertiary/aromatic N) is 1. The molecule has 0 radical (unpaired) electrons. The van der Waals surface area contributed by atoms with Crippen molar-refractivity contribution in [3.8, 4) is 0 Å². The molecule has 0 aliphatic rings. The molecule has 6 nitrogen and oxygen atoms in total. The Hall–Kier alpha value is -1.98. The largest absolute Gasteiger partial charge is 0.402 e. The van der Waals surface area contributed by atoms with E-state index in [2.05, 4.69) is 5.32 Å². The Labute approximate surface area is 134 Å². The normalized spacial score (nSPS) is 12.3. The molecule has 0 saturated heterocycles. The highest BCUT2D eigenvalue weighted by molar-refractivity contribution is 5.93. The summed E-state index contributed by atoms with van der Waals surface area (Å²) in [6, 6.07) is 0. The predicted molar refractivity (Wildman–Crippen MR) is 91.7 cm³/mol. The maximum absolute atomic E-state index is 11.1. The van der Waals surface area contributed by atoms with Crippen LogP contribution in [-0.2, 0) is 9.59 Å². The van der Waals surface area contributed by atoms with Crippen LogP contribution in [0.25, 0.3) is 0 Å². The number of allylic oxidation sites excluding steroid dienone is 2. The van der Waals surface area contributed by atoms with E-state index in [0.29, 0.717) is 23.4 Å². The maximum Gasteiger partial charge on any atom is 0.248 e. The van der Waals surface area contributed by atoms with Gasteiger partial charge in [0, 0.05) is 43.2 Å². The van der Waals surface area contributed by atoms with Crippen molar-refractivity contribution in [2.45, 2.75) is 47.5 Å². The lowest BCUT2D eigenvalue weighted by Crippen LogP contribution is -2.26. The average Bonchev–Trinajstić information content (AvgIpc) is 2.44. The highest BCUT2D eigenvalue weighted by Crippen LogP contribution is 2.09. The van der Waals surface area contributed by atoms with Crippen LogP contribution in [0.2, 0.25) is 0 Å². The van der Waals surface area contributed by atoms with E-state index in [1.54, 1.807) is 20.8 Å². The average molecular weight is 312 g/mol. The first kappa shape index (κ1) is 22.3. The van der Waals surface area contributed by atoms with Gasteiger partial charge in [0.15, 0.2) is 0 Å². The van der Waals surface area contributed by atoms with Crippen LogP contribution in [-0.4, -0.2) is 37.4 Å². The minimum atomic E-state index is -0.337. The van der Waals surface area contributed by atoms with E-state index in [0.717, 1.165) is 18.5 Å². The first-order valence-electron chi connectivity index (χ1n) is 7.47. The molecule has 0 atom stereocenters. The van der Waals surface area contributed by atoms with E-state index in [-0.39, 0.29) is 11.8 Å².